The van der Waals surface area contributed by atoms with Crippen molar-refractivity contribution < 1.29 is 0 Å². The number of halogens is 2. The highest BCUT2D eigenvalue weighted by Crippen LogP contribution is 2.26. The van der Waals surface area contributed by atoms with Gasteiger partial charge in [-0.3, -0.25) is 0 Å². The maximum Gasteiger partial charge on any atom is 0.154 e. The molecule has 0 saturated heterocycles. The monoisotopic (exact) mass is 280 g/mol. The largest absolute Gasteiger partial charge is 0.378 e. The number of anilines is 1. The summed E-state index contributed by atoms with van der Waals surface area (Å²) in [4.78, 5) is 4.03. The number of hydrogen-bond acceptors (Lipinski definition) is 2. The number of pyridine rings is 1. The first-order valence-electron chi connectivity index (χ1n) is 5.68. The van der Waals surface area contributed by atoms with Gasteiger partial charge in [0.15, 0.2) is 5.15 Å². The molecule has 0 fully saturated rings. The van der Waals surface area contributed by atoms with E-state index in [0.717, 1.165) is 11.3 Å². The quantitative estimate of drug-likeness (QED) is 0.830. The summed E-state index contributed by atoms with van der Waals surface area (Å²) in [5.41, 5.74) is 4.28. The van der Waals surface area contributed by atoms with Gasteiger partial charge in [0.1, 0.15) is 5.15 Å². The lowest BCUT2D eigenvalue weighted by atomic mass is 10.1. The molecular formula is C14H14Cl2N2. The number of nitrogens with one attached hydrogen (secondary N) is 1. The van der Waals surface area contributed by atoms with E-state index in [1.54, 1.807) is 6.07 Å². The lowest BCUT2D eigenvalue weighted by Crippen LogP contribution is -2.02. The maximum atomic E-state index is 6.07. The molecule has 18 heavy (non-hydrogen) atoms. The highest BCUT2D eigenvalue weighted by atomic mass is 35.5. The minimum atomic E-state index is 0.409. The highest BCUT2D eigenvalue weighted by molar-refractivity contribution is 6.34. The van der Waals surface area contributed by atoms with E-state index in [9.17, 15) is 0 Å². The first kappa shape index (κ1) is 13.2. The normalized spacial score (nSPS) is 10.4. The second-order valence-electron chi connectivity index (χ2n) is 4.27. The molecule has 1 heterocycles. The number of benzene rings is 1. The van der Waals surface area contributed by atoms with Crippen LogP contribution >= 0.6 is 23.2 Å². The van der Waals surface area contributed by atoms with Crippen molar-refractivity contribution in [2.75, 3.05) is 5.32 Å². The number of hydrogen-bond donors (Lipinski definition) is 1. The minimum absolute atomic E-state index is 0.409. The molecule has 1 aromatic carbocycles. The Labute approximate surface area is 117 Å². The fourth-order valence-electron chi connectivity index (χ4n) is 1.70. The molecule has 2 rings (SSSR count). The fraction of sp³-hybridized carbons (Fsp3) is 0.214. The first-order valence-corrected chi connectivity index (χ1v) is 6.44. The Balaban J connectivity index is 2.13. The number of nitrogens with zero attached hydrogens (tertiary/aromatic N) is 1. The zero-order valence-electron chi connectivity index (χ0n) is 10.3. The smallest absolute Gasteiger partial charge is 0.154 e. The molecule has 0 bridgehead atoms. The molecule has 94 valence electrons. The Morgan fingerprint density at radius 2 is 1.78 bits per heavy atom. The van der Waals surface area contributed by atoms with Crippen LogP contribution in [-0.2, 0) is 6.54 Å². The molecule has 2 aromatic rings. The molecule has 0 atom stereocenters. The molecule has 0 aliphatic rings. The zero-order chi connectivity index (χ0) is 13.1. The van der Waals surface area contributed by atoms with Gasteiger partial charge in [-0.15, -0.1) is 0 Å². The van der Waals surface area contributed by atoms with Crippen molar-refractivity contribution in [3.63, 3.8) is 0 Å². The summed E-state index contributed by atoms with van der Waals surface area (Å²) in [6, 6.07) is 10.2. The standard InChI is InChI=1S/C14H14Cl2N2/c1-9-3-5-11(6-4-9)8-17-13-10(2)7-12(15)18-14(13)16/h3-7,17H,8H2,1-2H3. The molecule has 0 spiro atoms. The molecule has 0 aliphatic carbocycles. The Morgan fingerprint density at radius 3 is 2.39 bits per heavy atom. The van der Waals surface area contributed by atoms with Crippen LogP contribution in [0.1, 0.15) is 16.7 Å². The van der Waals surface area contributed by atoms with Gasteiger partial charge < -0.3 is 5.32 Å². The number of rotatable bonds is 3. The average Bonchev–Trinajstić information content (AvgIpc) is 2.30. The number of aromatic nitrogens is 1. The van der Waals surface area contributed by atoms with Crippen molar-refractivity contribution in [2.45, 2.75) is 20.4 Å². The molecule has 1 aromatic heterocycles. The van der Waals surface area contributed by atoms with Gasteiger partial charge in [0.2, 0.25) is 0 Å². The lowest BCUT2D eigenvalue weighted by Gasteiger charge is -2.11. The van der Waals surface area contributed by atoms with Crippen LogP contribution in [0, 0.1) is 13.8 Å². The van der Waals surface area contributed by atoms with Crippen LogP contribution < -0.4 is 5.32 Å². The summed E-state index contributed by atoms with van der Waals surface area (Å²) in [6.07, 6.45) is 0. The molecule has 0 saturated carbocycles. The minimum Gasteiger partial charge on any atom is -0.378 e. The third-order valence-corrected chi connectivity index (χ3v) is 3.20. The maximum absolute atomic E-state index is 6.07. The van der Waals surface area contributed by atoms with E-state index in [-0.39, 0.29) is 0 Å². The van der Waals surface area contributed by atoms with Gasteiger partial charge in [-0.05, 0) is 31.0 Å². The van der Waals surface area contributed by atoms with E-state index in [4.69, 9.17) is 23.2 Å². The van der Waals surface area contributed by atoms with Crippen LogP contribution in [0.4, 0.5) is 5.69 Å². The van der Waals surface area contributed by atoms with Crippen LogP contribution in [0.15, 0.2) is 30.3 Å². The molecule has 0 amide bonds. The summed E-state index contributed by atoms with van der Waals surface area (Å²) >= 11 is 11.9. The average molecular weight is 281 g/mol. The SMILES string of the molecule is Cc1ccc(CNc2c(C)cc(Cl)nc2Cl)cc1. The van der Waals surface area contributed by atoms with Gasteiger partial charge in [0.05, 0.1) is 5.69 Å². The molecule has 4 heteroatoms. The molecule has 1 N–H and O–H groups in total. The van der Waals surface area contributed by atoms with E-state index in [1.807, 2.05) is 6.92 Å². The van der Waals surface area contributed by atoms with Gasteiger partial charge in [-0.1, -0.05) is 53.0 Å². The van der Waals surface area contributed by atoms with Crippen LogP contribution in [0.3, 0.4) is 0 Å². The summed E-state index contributed by atoms with van der Waals surface area (Å²) in [7, 11) is 0. The first-order chi connectivity index (χ1) is 8.56. The van der Waals surface area contributed by atoms with Crippen LogP contribution in [0.25, 0.3) is 0 Å². The second kappa shape index (κ2) is 5.59. The van der Waals surface area contributed by atoms with E-state index in [2.05, 4.69) is 41.5 Å². The Morgan fingerprint density at radius 1 is 1.11 bits per heavy atom. The topological polar surface area (TPSA) is 24.9 Å². The van der Waals surface area contributed by atoms with Crippen LogP contribution in [0.2, 0.25) is 10.3 Å². The van der Waals surface area contributed by atoms with Crippen molar-refractivity contribution in [3.05, 3.63) is 57.3 Å². The van der Waals surface area contributed by atoms with Gasteiger partial charge >= 0.3 is 0 Å². The van der Waals surface area contributed by atoms with Crippen LogP contribution in [0.5, 0.6) is 0 Å². The fourth-order valence-corrected chi connectivity index (χ4v) is 2.30. The predicted molar refractivity (Wildman–Crippen MR) is 77.5 cm³/mol. The highest BCUT2D eigenvalue weighted by Gasteiger charge is 2.07. The molecule has 0 unspecified atom stereocenters. The van der Waals surface area contributed by atoms with E-state index < -0.39 is 0 Å². The van der Waals surface area contributed by atoms with Gasteiger partial charge in [-0.2, -0.15) is 0 Å². The number of aryl methyl sites for hydroxylation is 2. The Bertz CT molecular complexity index is 527. The summed E-state index contributed by atoms with van der Waals surface area (Å²) in [6.45, 7) is 4.74. The van der Waals surface area contributed by atoms with E-state index in [0.29, 0.717) is 16.9 Å². The van der Waals surface area contributed by atoms with Crippen LogP contribution in [-0.4, -0.2) is 4.98 Å². The van der Waals surface area contributed by atoms with E-state index >= 15 is 0 Å². The lowest BCUT2D eigenvalue weighted by molar-refractivity contribution is 1.12. The molecule has 0 radical (unpaired) electrons. The third kappa shape index (κ3) is 3.15. The predicted octanol–water partition coefficient (Wildman–Crippen LogP) is 4.62. The third-order valence-electron chi connectivity index (χ3n) is 2.73. The molecular weight excluding hydrogens is 267 g/mol. The van der Waals surface area contributed by atoms with Crippen molar-refractivity contribution in [2.24, 2.45) is 0 Å². The second-order valence-corrected chi connectivity index (χ2v) is 5.01. The Hall–Kier alpha value is -1.25. The van der Waals surface area contributed by atoms with Crippen molar-refractivity contribution in [1.29, 1.82) is 0 Å². The zero-order valence-corrected chi connectivity index (χ0v) is 11.8. The molecule has 2 nitrogen and oxygen atoms in total. The summed E-state index contributed by atoms with van der Waals surface area (Å²) in [5, 5.41) is 4.12. The van der Waals surface area contributed by atoms with Gasteiger partial charge in [0, 0.05) is 6.54 Å². The van der Waals surface area contributed by atoms with Crippen molar-refractivity contribution in [1.82, 2.24) is 4.98 Å². The van der Waals surface area contributed by atoms with Crippen molar-refractivity contribution >= 4 is 28.9 Å². The van der Waals surface area contributed by atoms with Crippen molar-refractivity contribution in [3.8, 4) is 0 Å². The van der Waals surface area contributed by atoms with Gasteiger partial charge in [-0.25, -0.2) is 4.98 Å². The summed E-state index contributed by atoms with van der Waals surface area (Å²) in [5.74, 6) is 0. The molecule has 0 aliphatic heterocycles. The van der Waals surface area contributed by atoms with Gasteiger partial charge in [0.25, 0.3) is 0 Å². The Kier molecular flexibility index (Phi) is 4.10. The van der Waals surface area contributed by atoms with E-state index in [1.165, 1.54) is 11.1 Å². The summed E-state index contributed by atoms with van der Waals surface area (Å²) < 4.78 is 0.